The molecule has 6 heteroatoms. The largest absolute Gasteiger partial charge is 0.340 e. The molecule has 0 radical (unpaired) electrons. The Kier molecular flexibility index (Phi) is 5.19. The Bertz CT molecular complexity index is 1480. The highest BCUT2D eigenvalue weighted by Crippen LogP contribution is 2.36. The van der Waals surface area contributed by atoms with Gasteiger partial charge in [0.2, 0.25) is 0 Å². The van der Waals surface area contributed by atoms with Crippen LogP contribution in [-0.4, -0.2) is 15.0 Å². The Morgan fingerprint density at radius 2 is 1.84 bits per heavy atom. The zero-order chi connectivity index (χ0) is 22.2. The van der Waals surface area contributed by atoms with Crippen molar-refractivity contribution in [2.45, 2.75) is 20.3 Å². The number of hydrogen-bond acceptors (Lipinski definition) is 4. The van der Waals surface area contributed by atoms with Gasteiger partial charge in [-0.3, -0.25) is 0 Å². The lowest BCUT2D eigenvalue weighted by atomic mass is 9.93. The lowest BCUT2D eigenvalue weighted by Crippen LogP contribution is -1.97. The number of anilines is 2. The van der Waals surface area contributed by atoms with Gasteiger partial charge in [-0.15, -0.1) is 0 Å². The van der Waals surface area contributed by atoms with Gasteiger partial charge in [0.25, 0.3) is 0 Å². The van der Waals surface area contributed by atoms with E-state index in [1.54, 1.807) is 18.3 Å². The third kappa shape index (κ3) is 3.65. The zero-order valence-corrected chi connectivity index (χ0v) is 18.4. The summed E-state index contributed by atoms with van der Waals surface area (Å²) in [4.78, 5) is 13.6. The van der Waals surface area contributed by atoms with E-state index < -0.39 is 5.82 Å². The van der Waals surface area contributed by atoms with Crippen LogP contribution in [0.1, 0.15) is 18.3 Å². The SMILES string of the molecule is CCc1ncc2cc(-c3c(C)ccc4c(Nc5ccc(F)c(Cl)c5)nccc34)ccc2n1. The van der Waals surface area contributed by atoms with Crippen molar-refractivity contribution in [2.75, 3.05) is 5.32 Å². The predicted octanol–water partition coefficient (Wildman–Crippen LogP) is 7.25. The van der Waals surface area contributed by atoms with Gasteiger partial charge < -0.3 is 5.32 Å². The van der Waals surface area contributed by atoms with Crippen LogP contribution in [0, 0.1) is 12.7 Å². The maximum atomic E-state index is 13.5. The van der Waals surface area contributed by atoms with Gasteiger partial charge in [-0.2, -0.15) is 0 Å². The van der Waals surface area contributed by atoms with E-state index in [9.17, 15) is 4.39 Å². The normalized spacial score (nSPS) is 11.2. The summed E-state index contributed by atoms with van der Waals surface area (Å²) in [5.41, 5.74) is 5.00. The molecular formula is C26H20ClFN4. The van der Waals surface area contributed by atoms with Crippen LogP contribution in [0.3, 0.4) is 0 Å². The topological polar surface area (TPSA) is 50.7 Å². The van der Waals surface area contributed by atoms with E-state index in [0.717, 1.165) is 50.6 Å². The highest BCUT2D eigenvalue weighted by atomic mass is 35.5. The third-order valence-electron chi connectivity index (χ3n) is 5.57. The summed E-state index contributed by atoms with van der Waals surface area (Å²) in [7, 11) is 0. The van der Waals surface area contributed by atoms with Crippen LogP contribution in [0.2, 0.25) is 5.02 Å². The molecule has 2 heterocycles. The number of nitrogens with zero attached hydrogens (tertiary/aromatic N) is 3. The number of nitrogens with one attached hydrogen (secondary N) is 1. The molecule has 4 nitrogen and oxygen atoms in total. The Labute approximate surface area is 190 Å². The van der Waals surface area contributed by atoms with Crippen LogP contribution in [0.4, 0.5) is 15.9 Å². The molecule has 0 bridgehead atoms. The summed E-state index contributed by atoms with van der Waals surface area (Å²) in [6, 6.07) is 17.0. The number of hydrogen-bond donors (Lipinski definition) is 1. The molecule has 0 aliphatic rings. The Hall–Kier alpha value is -3.57. The molecular weight excluding hydrogens is 423 g/mol. The molecule has 0 saturated carbocycles. The Morgan fingerprint density at radius 3 is 2.66 bits per heavy atom. The van der Waals surface area contributed by atoms with E-state index in [2.05, 4.69) is 52.3 Å². The average Bonchev–Trinajstić information content (AvgIpc) is 2.81. The van der Waals surface area contributed by atoms with Gasteiger partial charge in [0.1, 0.15) is 17.5 Å². The maximum absolute atomic E-state index is 13.5. The molecule has 0 aliphatic heterocycles. The van der Waals surface area contributed by atoms with E-state index in [-0.39, 0.29) is 5.02 Å². The summed E-state index contributed by atoms with van der Waals surface area (Å²) in [5, 5.41) is 6.38. The first-order chi connectivity index (χ1) is 15.5. The molecule has 0 saturated heterocycles. The third-order valence-corrected chi connectivity index (χ3v) is 5.86. The molecule has 3 aromatic carbocycles. The van der Waals surface area contributed by atoms with Crippen LogP contribution < -0.4 is 5.32 Å². The summed E-state index contributed by atoms with van der Waals surface area (Å²) < 4.78 is 13.5. The van der Waals surface area contributed by atoms with Crippen LogP contribution in [0.5, 0.6) is 0 Å². The van der Waals surface area contributed by atoms with Crippen molar-refractivity contribution >= 4 is 44.8 Å². The second-order valence-electron chi connectivity index (χ2n) is 7.68. The summed E-state index contributed by atoms with van der Waals surface area (Å²) >= 11 is 5.95. The zero-order valence-electron chi connectivity index (χ0n) is 17.7. The van der Waals surface area contributed by atoms with E-state index in [0.29, 0.717) is 11.5 Å². The quantitative estimate of drug-likeness (QED) is 0.318. The monoisotopic (exact) mass is 442 g/mol. The molecule has 32 heavy (non-hydrogen) atoms. The van der Waals surface area contributed by atoms with Crippen molar-refractivity contribution in [1.82, 2.24) is 15.0 Å². The van der Waals surface area contributed by atoms with Gasteiger partial charge in [-0.05, 0) is 65.4 Å². The van der Waals surface area contributed by atoms with E-state index >= 15 is 0 Å². The Balaban J connectivity index is 1.64. The van der Waals surface area contributed by atoms with Crippen molar-refractivity contribution in [3.63, 3.8) is 0 Å². The number of halogens is 2. The lowest BCUT2D eigenvalue weighted by Gasteiger charge is -2.15. The van der Waals surface area contributed by atoms with Gasteiger partial charge in [-0.25, -0.2) is 19.3 Å². The second-order valence-corrected chi connectivity index (χ2v) is 8.09. The van der Waals surface area contributed by atoms with Crippen molar-refractivity contribution in [3.05, 3.63) is 89.2 Å². The summed E-state index contributed by atoms with van der Waals surface area (Å²) in [6.07, 6.45) is 4.47. The van der Waals surface area contributed by atoms with Gasteiger partial charge in [0.05, 0.1) is 10.5 Å². The molecule has 0 aliphatic carbocycles. The van der Waals surface area contributed by atoms with Crippen molar-refractivity contribution in [1.29, 1.82) is 0 Å². The maximum Gasteiger partial charge on any atom is 0.141 e. The first-order valence-electron chi connectivity index (χ1n) is 10.4. The lowest BCUT2D eigenvalue weighted by molar-refractivity contribution is 0.628. The first-order valence-corrected chi connectivity index (χ1v) is 10.8. The molecule has 5 aromatic rings. The number of fused-ring (bicyclic) bond motifs is 2. The molecule has 5 rings (SSSR count). The minimum absolute atomic E-state index is 0.0661. The first kappa shape index (κ1) is 20.3. The highest BCUT2D eigenvalue weighted by molar-refractivity contribution is 6.31. The number of pyridine rings is 1. The number of benzene rings is 3. The number of aryl methyl sites for hydroxylation is 2. The highest BCUT2D eigenvalue weighted by Gasteiger charge is 2.13. The van der Waals surface area contributed by atoms with Gasteiger partial charge in [0, 0.05) is 35.3 Å². The molecule has 0 atom stereocenters. The van der Waals surface area contributed by atoms with Crippen molar-refractivity contribution in [2.24, 2.45) is 0 Å². The van der Waals surface area contributed by atoms with Crippen molar-refractivity contribution in [3.8, 4) is 11.1 Å². The van der Waals surface area contributed by atoms with Crippen molar-refractivity contribution < 1.29 is 4.39 Å². The molecule has 1 N–H and O–H groups in total. The summed E-state index contributed by atoms with van der Waals surface area (Å²) in [5.74, 6) is 1.07. The minimum atomic E-state index is -0.452. The van der Waals surface area contributed by atoms with Crippen LogP contribution in [0.25, 0.3) is 32.8 Å². The fourth-order valence-electron chi connectivity index (χ4n) is 3.95. The summed E-state index contributed by atoms with van der Waals surface area (Å²) in [6.45, 7) is 4.15. The molecule has 0 amide bonds. The van der Waals surface area contributed by atoms with E-state index in [1.807, 2.05) is 24.4 Å². The smallest absolute Gasteiger partial charge is 0.141 e. The van der Waals surface area contributed by atoms with Gasteiger partial charge >= 0.3 is 0 Å². The molecule has 2 aromatic heterocycles. The molecule has 0 spiro atoms. The second kappa shape index (κ2) is 8.17. The standard InChI is InChI=1S/C26H20ClFN4/c1-3-24-30-14-17-12-16(5-9-23(17)32-24)25-15(2)4-7-20-19(25)10-11-29-26(20)31-18-6-8-22(28)21(27)13-18/h4-14H,3H2,1-2H3,(H,29,31). The van der Waals surface area contributed by atoms with Crippen LogP contribution in [-0.2, 0) is 6.42 Å². The van der Waals surface area contributed by atoms with E-state index in [4.69, 9.17) is 11.6 Å². The van der Waals surface area contributed by atoms with Gasteiger partial charge in [0.15, 0.2) is 0 Å². The Morgan fingerprint density at radius 1 is 0.969 bits per heavy atom. The number of aromatic nitrogens is 3. The van der Waals surface area contributed by atoms with Gasteiger partial charge in [-0.1, -0.05) is 36.7 Å². The van der Waals surface area contributed by atoms with Crippen LogP contribution >= 0.6 is 11.6 Å². The number of rotatable bonds is 4. The molecule has 0 unspecified atom stereocenters. The van der Waals surface area contributed by atoms with Crippen LogP contribution in [0.15, 0.2) is 67.0 Å². The average molecular weight is 443 g/mol. The minimum Gasteiger partial charge on any atom is -0.340 e. The van der Waals surface area contributed by atoms with E-state index in [1.165, 1.54) is 6.07 Å². The fraction of sp³-hybridized carbons (Fsp3) is 0.115. The fourth-order valence-corrected chi connectivity index (χ4v) is 4.14. The molecule has 158 valence electrons. The predicted molar refractivity (Wildman–Crippen MR) is 129 cm³/mol. The molecule has 0 fully saturated rings.